The Morgan fingerprint density at radius 2 is 2.16 bits per heavy atom. The lowest BCUT2D eigenvalue weighted by molar-refractivity contribution is 0.0598. The Hall–Kier alpha value is -1.59. The minimum atomic E-state index is -1.01. The Balaban J connectivity index is 2.26. The Labute approximate surface area is 112 Å². The second-order valence-electron chi connectivity index (χ2n) is 5.00. The Bertz CT molecular complexity index is 436. The molecule has 19 heavy (non-hydrogen) atoms. The normalized spacial score (nSPS) is 26.6. The molecule has 1 aliphatic heterocycles. The Morgan fingerprint density at radius 3 is 2.68 bits per heavy atom. The molecule has 1 fully saturated rings. The van der Waals surface area contributed by atoms with Crippen LogP contribution >= 0.6 is 0 Å². The molecule has 0 unspecified atom stereocenters. The van der Waals surface area contributed by atoms with E-state index in [1.165, 1.54) is 4.90 Å². The average molecular weight is 265 g/mol. The summed E-state index contributed by atoms with van der Waals surface area (Å²) in [6.45, 7) is 0.104. The molecule has 1 saturated heterocycles. The van der Waals surface area contributed by atoms with Gasteiger partial charge in [0.1, 0.15) is 0 Å². The highest BCUT2D eigenvalue weighted by molar-refractivity contribution is 5.67. The predicted octanol–water partition coefficient (Wildman–Crippen LogP) is 1.36. The number of aliphatic hydroxyl groups is 1. The van der Waals surface area contributed by atoms with Gasteiger partial charge in [-0.05, 0) is 12.0 Å². The van der Waals surface area contributed by atoms with Crippen LogP contribution in [0.3, 0.4) is 0 Å². The van der Waals surface area contributed by atoms with Crippen molar-refractivity contribution in [2.75, 3.05) is 20.3 Å². The van der Waals surface area contributed by atoms with Gasteiger partial charge in [-0.3, -0.25) is 4.90 Å². The molecule has 1 heterocycles. The van der Waals surface area contributed by atoms with Crippen LogP contribution in [0.15, 0.2) is 30.3 Å². The van der Waals surface area contributed by atoms with Gasteiger partial charge >= 0.3 is 6.09 Å². The van der Waals surface area contributed by atoms with E-state index in [-0.39, 0.29) is 12.7 Å². The van der Waals surface area contributed by atoms with Crippen LogP contribution in [0.5, 0.6) is 0 Å². The van der Waals surface area contributed by atoms with Crippen LogP contribution < -0.4 is 0 Å². The third-order valence-corrected chi connectivity index (χ3v) is 3.80. The average Bonchev–Trinajstić information content (AvgIpc) is 2.79. The summed E-state index contributed by atoms with van der Waals surface area (Å²) in [6, 6.07) is 9.62. The molecule has 0 aromatic heterocycles. The van der Waals surface area contributed by atoms with E-state index in [0.717, 1.165) is 5.56 Å². The summed E-state index contributed by atoms with van der Waals surface area (Å²) < 4.78 is 5.27. The number of hydrogen-bond acceptors (Lipinski definition) is 3. The lowest BCUT2D eigenvalue weighted by Crippen LogP contribution is -2.51. The monoisotopic (exact) mass is 265 g/mol. The number of likely N-dealkylation sites (tertiary alicyclic amines) is 1. The van der Waals surface area contributed by atoms with Crippen molar-refractivity contribution in [1.29, 1.82) is 0 Å². The topological polar surface area (TPSA) is 70.0 Å². The SMILES string of the molecule is CO[C@H]1CN(C(=O)O)[C@@](CO)(Cc2ccccc2)C1. The number of rotatable bonds is 4. The van der Waals surface area contributed by atoms with Gasteiger partial charge in [0, 0.05) is 13.5 Å². The van der Waals surface area contributed by atoms with Crippen molar-refractivity contribution >= 4 is 6.09 Å². The third-order valence-electron chi connectivity index (χ3n) is 3.80. The first kappa shape index (κ1) is 13.8. The van der Waals surface area contributed by atoms with E-state index in [2.05, 4.69) is 0 Å². The van der Waals surface area contributed by atoms with Gasteiger partial charge in [0.05, 0.1) is 24.8 Å². The van der Waals surface area contributed by atoms with Crippen molar-refractivity contribution in [3.05, 3.63) is 35.9 Å². The van der Waals surface area contributed by atoms with Gasteiger partial charge in [-0.1, -0.05) is 30.3 Å². The zero-order chi connectivity index (χ0) is 13.9. The number of carbonyl (C=O) groups is 1. The first-order valence-electron chi connectivity index (χ1n) is 6.29. The summed E-state index contributed by atoms with van der Waals surface area (Å²) >= 11 is 0. The molecule has 1 aliphatic rings. The van der Waals surface area contributed by atoms with Crippen LogP contribution in [-0.4, -0.2) is 53.1 Å². The van der Waals surface area contributed by atoms with Crippen molar-refractivity contribution < 1.29 is 19.7 Å². The highest BCUT2D eigenvalue weighted by atomic mass is 16.5. The van der Waals surface area contributed by atoms with Gasteiger partial charge in [0.2, 0.25) is 0 Å². The molecular weight excluding hydrogens is 246 g/mol. The van der Waals surface area contributed by atoms with Crippen LogP contribution in [0, 0.1) is 0 Å². The minimum Gasteiger partial charge on any atom is -0.465 e. The van der Waals surface area contributed by atoms with Crippen molar-refractivity contribution in [3.63, 3.8) is 0 Å². The molecule has 2 rings (SSSR count). The van der Waals surface area contributed by atoms with E-state index >= 15 is 0 Å². The Morgan fingerprint density at radius 1 is 1.47 bits per heavy atom. The quantitative estimate of drug-likeness (QED) is 0.862. The van der Waals surface area contributed by atoms with Gasteiger partial charge < -0.3 is 14.9 Å². The number of ether oxygens (including phenoxy) is 1. The lowest BCUT2D eigenvalue weighted by atomic mass is 9.88. The van der Waals surface area contributed by atoms with Crippen LogP contribution in [0.4, 0.5) is 4.79 Å². The molecular formula is C14H19NO4. The number of hydrogen-bond donors (Lipinski definition) is 2. The van der Waals surface area contributed by atoms with Crippen LogP contribution in [0.2, 0.25) is 0 Å². The maximum Gasteiger partial charge on any atom is 0.407 e. The fourth-order valence-corrected chi connectivity index (χ4v) is 2.78. The highest BCUT2D eigenvalue weighted by Crippen LogP contribution is 2.33. The largest absolute Gasteiger partial charge is 0.465 e. The second kappa shape index (κ2) is 5.59. The van der Waals surface area contributed by atoms with E-state index in [0.29, 0.717) is 19.4 Å². The summed E-state index contributed by atoms with van der Waals surface area (Å²) in [5, 5.41) is 19.1. The lowest BCUT2D eigenvalue weighted by Gasteiger charge is -2.35. The zero-order valence-corrected chi connectivity index (χ0v) is 11.0. The van der Waals surface area contributed by atoms with Crippen molar-refractivity contribution in [2.24, 2.45) is 0 Å². The second-order valence-corrected chi connectivity index (χ2v) is 5.00. The number of nitrogens with zero attached hydrogens (tertiary/aromatic N) is 1. The number of aliphatic hydroxyl groups excluding tert-OH is 1. The van der Waals surface area contributed by atoms with Gasteiger partial charge in [-0.2, -0.15) is 0 Å². The number of carboxylic acid groups (broad SMARTS) is 1. The summed E-state index contributed by atoms with van der Waals surface area (Å²) in [5.41, 5.74) is 0.230. The number of methoxy groups -OCH3 is 1. The van der Waals surface area contributed by atoms with E-state index < -0.39 is 11.6 Å². The van der Waals surface area contributed by atoms with Gasteiger partial charge in [0.15, 0.2) is 0 Å². The van der Waals surface area contributed by atoms with Crippen LogP contribution in [0.1, 0.15) is 12.0 Å². The number of benzene rings is 1. The molecule has 0 spiro atoms. The standard InChI is InChI=1S/C14H19NO4/c1-19-12-8-14(10-16,15(9-12)13(17)18)7-11-5-3-2-4-6-11/h2-6,12,16H,7-10H2,1H3,(H,17,18)/t12-,14+/m1/s1. The summed E-state index contributed by atoms with van der Waals surface area (Å²) in [7, 11) is 1.57. The summed E-state index contributed by atoms with van der Waals surface area (Å²) in [4.78, 5) is 12.7. The molecule has 104 valence electrons. The molecule has 1 aromatic carbocycles. The molecule has 1 amide bonds. The van der Waals surface area contributed by atoms with E-state index in [1.54, 1.807) is 7.11 Å². The number of amides is 1. The summed E-state index contributed by atoms with van der Waals surface area (Å²) in [6.07, 6.45) is -0.158. The Kier molecular flexibility index (Phi) is 4.07. The molecule has 2 atom stereocenters. The molecule has 5 heteroatoms. The molecule has 1 aromatic rings. The van der Waals surface area contributed by atoms with Gasteiger partial charge in [0.25, 0.3) is 0 Å². The van der Waals surface area contributed by atoms with E-state index in [9.17, 15) is 15.0 Å². The first-order chi connectivity index (χ1) is 9.11. The van der Waals surface area contributed by atoms with Crippen molar-refractivity contribution in [1.82, 2.24) is 4.90 Å². The highest BCUT2D eigenvalue weighted by Gasteiger charge is 2.48. The fourth-order valence-electron chi connectivity index (χ4n) is 2.78. The van der Waals surface area contributed by atoms with Crippen molar-refractivity contribution in [2.45, 2.75) is 24.5 Å². The zero-order valence-electron chi connectivity index (χ0n) is 11.0. The van der Waals surface area contributed by atoms with E-state index in [4.69, 9.17) is 4.74 Å². The van der Waals surface area contributed by atoms with Crippen LogP contribution in [-0.2, 0) is 11.2 Å². The maximum absolute atomic E-state index is 11.4. The molecule has 2 N–H and O–H groups in total. The summed E-state index contributed by atoms with van der Waals surface area (Å²) in [5.74, 6) is 0. The maximum atomic E-state index is 11.4. The van der Waals surface area contributed by atoms with Gasteiger partial charge in [-0.15, -0.1) is 0 Å². The predicted molar refractivity (Wildman–Crippen MR) is 70.1 cm³/mol. The molecule has 0 saturated carbocycles. The first-order valence-corrected chi connectivity index (χ1v) is 6.29. The van der Waals surface area contributed by atoms with E-state index in [1.807, 2.05) is 30.3 Å². The van der Waals surface area contributed by atoms with Crippen molar-refractivity contribution in [3.8, 4) is 0 Å². The minimum absolute atomic E-state index is 0.160. The molecule has 0 radical (unpaired) electrons. The molecule has 0 bridgehead atoms. The fraction of sp³-hybridized carbons (Fsp3) is 0.500. The molecule has 5 nitrogen and oxygen atoms in total. The smallest absolute Gasteiger partial charge is 0.407 e. The van der Waals surface area contributed by atoms with Gasteiger partial charge in [-0.25, -0.2) is 4.79 Å². The molecule has 0 aliphatic carbocycles. The third kappa shape index (κ3) is 2.72. The van der Waals surface area contributed by atoms with Crippen LogP contribution in [0.25, 0.3) is 0 Å².